The first-order chi connectivity index (χ1) is 14.8. The van der Waals surface area contributed by atoms with Crippen molar-refractivity contribution in [3.05, 3.63) is 60.4 Å². The van der Waals surface area contributed by atoms with Gasteiger partial charge in [0.1, 0.15) is 24.3 Å². The van der Waals surface area contributed by atoms with Crippen molar-refractivity contribution >= 4 is 17.2 Å². The zero-order chi connectivity index (χ0) is 20.5. The predicted octanol–water partition coefficient (Wildman–Crippen LogP) is 2.69. The summed E-state index contributed by atoms with van der Waals surface area (Å²) in [5.74, 6) is 1.08. The number of nitrogens with one attached hydrogen (secondary N) is 1. The van der Waals surface area contributed by atoms with Crippen LogP contribution in [-0.2, 0) is 0 Å². The number of fused-ring (bicyclic) bond motifs is 1. The number of aryl methyl sites for hydroxylation is 1. The molecule has 12 nitrogen and oxygen atoms in total. The maximum Gasteiger partial charge on any atom is 0.255 e. The molecule has 0 aliphatic rings. The van der Waals surface area contributed by atoms with Gasteiger partial charge in [0.25, 0.3) is 5.95 Å². The molecule has 0 bridgehead atoms. The van der Waals surface area contributed by atoms with Crippen LogP contribution in [0, 0.1) is 18.3 Å². The van der Waals surface area contributed by atoms with Gasteiger partial charge in [0, 0.05) is 5.56 Å². The maximum absolute atomic E-state index is 9.40. The lowest BCUT2D eigenvalue weighted by Gasteiger charge is -1.99. The Bertz CT molecular complexity index is 1400. The molecule has 4 heterocycles. The summed E-state index contributed by atoms with van der Waals surface area (Å²) < 4.78 is 3.07. The molecule has 0 atom stereocenters. The maximum atomic E-state index is 9.40. The van der Waals surface area contributed by atoms with Crippen LogP contribution in [0.5, 0.6) is 0 Å². The van der Waals surface area contributed by atoms with E-state index in [0.29, 0.717) is 17.2 Å². The molecule has 1 N–H and O–H groups in total. The Morgan fingerprint density at radius 1 is 1.07 bits per heavy atom. The molecule has 5 rings (SSSR count). The minimum atomic E-state index is 0.199. The van der Waals surface area contributed by atoms with Gasteiger partial charge in [-0.15, -0.1) is 20.4 Å². The summed E-state index contributed by atoms with van der Waals surface area (Å²) in [6.45, 7) is 1.85. The van der Waals surface area contributed by atoms with E-state index >= 15 is 0 Å². The molecule has 0 aliphatic heterocycles. The lowest BCUT2D eigenvalue weighted by atomic mass is 10.2. The number of aromatic nitrogens is 9. The number of nitriles is 1. The van der Waals surface area contributed by atoms with E-state index in [4.69, 9.17) is 0 Å². The SMILES string of the molecule is Cc1[nH]n2c(-c3ccccc3)nnc2c1N=Nc1c(C#N)cnn1-c1ncncn1. The van der Waals surface area contributed by atoms with E-state index in [-0.39, 0.29) is 17.3 Å². The minimum Gasteiger partial charge on any atom is -0.293 e. The molecule has 1 aromatic carbocycles. The molecule has 0 amide bonds. The third kappa shape index (κ3) is 2.78. The molecule has 0 unspecified atom stereocenters. The van der Waals surface area contributed by atoms with E-state index in [1.54, 1.807) is 4.52 Å². The highest BCUT2D eigenvalue weighted by Crippen LogP contribution is 2.30. The Hall–Kier alpha value is -4.79. The van der Waals surface area contributed by atoms with Crippen molar-refractivity contribution in [1.29, 1.82) is 5.26 Å². The highest BCUT2D eigenvalue weighted by Gasteiger charge is 2.18. The van der Waals surface area contributed by atoms with Gasteiger partial charge in [0.15, 0.2) is 17.3 Å². The highest BCUT2D eigenvalue weighted by molar-refractivity contribution is 5.70. The lowest BCUT2D eigenvalue weighted by Crippen LogP contribution is -2.02. The summed E-state index contributed by atoms with van der Waals surface area (Å²) in [5.41, 5.74) is 2.90. The quantitative estimate of drug-likeness (QED) is 0.458. The van der Waals surface area contributed by atoms with Gasteiger partial charge in [-0.1, -0.05) is 30.3 Å². The molecule has 12 heteroatoms. The van der Waals surface area contributed by atoms with Crippen molar-refractivity contribution in [2.45, 2.75) is 6.92 Å². The van der Waals surface area contributed by atoms with E-state index in [1.807, 2.05) is 43.3 Å². The number of hydrogen-bond donors (Lipinski definition) is 1. The monoisotopic (exact) mass is 396 g/mol. The summed E-state index contributed by atoms with van der Waals surface area (Å²) in [7, 11) is 0. The molecule has 0 radical (unpaired) electrons. The zero-order valence-electron chi connectivity index (χ0n) is 15.5. The molecule has 0 saturated carbocycles. The van der Waals surface area contributed by atoms with Gasteiger partial charge >= 0.3 is 0 Å². The number of aromatic amines is 1. The largest absolute Gasteiger partial charge is 0.293 e. The first-order valence-corrected chi connectivity index (χ1v) is 8.77. The third-order valence-corrected chi connectivity index (χ3v) is 4.32. The summed E-state index contributed by atoms with van der Waals surface area (Å²) in [6.07, 6.45) is 4.04. The normalized spacial score (nSPS) is 11.3. The van der Waals surface area contributed by atoms with Crippen molar-refractivity contribution < 1.29 is 0 Å². The predicted molar refractivity (Wildman–Crippen MR) is 103 cm³/mol. The molecule has 4 aromatic heterocycles. The van der Waals surface area contributed by atoms with E-state index in [1.165, 1.54) is 23.5 Å². The van der Waals surface area contributed by atoms with E-state index in [2.05, 4.69) is 45.6 Å². The summed E-state index contributed by atoms with van der Waals surface area (Å²) in [5, 5.41) is 33.8. The van der Waals surface area contributed by atoms with Crippen LogP contribution < -0.4 is 0 Å². The highest BCUT2D eigenvalue weighted by atomic mass is 15.4. The number of nitrogens with zero attached hydrogens (tertiary/aromatic N) is 11. The first kappa shape index (κ1) is 17.3. The smallest absolute Gasteiger partial charge is 0.255 e. The van der Waals surface area contributed by atoms with Crippen LogP contribution in [0.4, 0.5) is 11.5 Å². The van der Waals surface area contributed by atoms with Gasteiger partial charge in [-0.3, -0.25) is 5.10 Å². The lowest BCUT2D eigenvalue weighted by molar-refractivity contribution is 0.790. The number of rotatable bonds is 4. The van der Waals surface area contributed by atoms with Gasteiger partial charge in [-0.05, 0) is 6.92 Å². The van der Waals surface area contributed by atoms with Crippen molar-refractivity contribution in [2.24, 2.45) is 10.2 Å². The first-order valence-electron chi connectivity index (χ1n) is 8.77. The van der Waals surface area contributed by atoms with Crippen LogP contribution in [0.25, 0.3) is 23.0 Å². The number of azo groups is 1. The fraction of sp³-hybridized carbons (Fsp3) is 0.0556. The fourth-order valence-corrected chi connectivity index (χ4v) is 2.93. The molecule has 0 spiro atoms. The Kier molecular flexibility index (Phi) is 4.03. The van der Waals surface area contributed by atoms with Crippen LogP contribution in [0.1, 0.15) is 11.3 Å². The molecule has 30 heavy (non-hydrogen) atoms. The zero-order valence-corrected chi connectivity index (χ0v) is 15.5. The minimum absolute atomic E-state index is 0.199. The summed E-state index contributed by atoms with van der Waals surface area (Å²) in [4.78, 5) is 11.9. The molecular weight excluding hydrogens is 384 g/mol. The van der Waals surface area contributed by atoms with Gasteiger partial charge < -0.3 is 0 Å². The molecule has 5 aromatic rings. The van der Waals surface area contributed by atoms with Gasteiger partial charge in [0.2, 0.25) is 5.65 Å². The summed E-state index contributed by atoms with van der Waals surface area (Å²) >= 11 is 0. The van der Waals surface area contributed by atoms with Crippen LogP contribution in [0.3, 0.4) is 0 Å². The van der Waals surface area contributed by atoms with Crippen molar-refractivity contribution in [3.63, 3.8) is 0 Å². The van der Waals surface area contributed by atoms with E-state index in [0.717, 1.165) is 11.3 Å². The second-order valence-electron chi connectivity index (χ2n) is 6.18. The van der Waals surface area contributed by atoms with Gasteiger partial charge in [-0.25, -0.2) is 9.50 Å². The number of H-pyrrole nitrogens is 1. The average molecular weight is 396 g/mol. The third-order valence-electron chi connectivity index (χ3n) is 4.32. The summed E-state index contributed by atoms with van der Waals surface area (Å²) in [6, 6.07) is 11.7. The number of benzene rings is 1. The Morgan fingerprint density at radius 3 is 2.63 bits per heavy atom. The Labute approximate surface area is 168 Å². The van der Waals surface area contributed by atoms with Crippen LogP contribution in [0.15, 0.2) is 59.4 Å². The van der Waals surface area contributed by atoms with Crippen LogP contribution >= 0.6 is 0 Å². The average Bonchev–Trinajstić information content (AvgIpc) is 3.47. The van der Waals surface area contributed by atoms with Crippen LogP contribution in [0.2, 0.25) is 0 Å². The second-order valence-corrected chi connectivity index (χ2v) is 6.18. The Morgan fingerprint density at radius 2 is 1.87 bits per heavy atom. The van der Waals surface area contributed by atoms with Crippen molar-refractivity contribution in [3.8, 4) is 23.4 Å². The standard InChI is InChI=1S/C18H12N12/c1-11-14(17-27-26-15(29(17)28-11)12-5-3-2-4-6-12)24-25-16-13(7-19)8-23-30(16)18-21-9-20-10-22-18/h2-6,8-10,28H,1H3. The number of hydrogen-bond acceptors (Lipinski definition) is 9. The topological polar surface area (TPSA) is 151 Å². The van der Waals surface area contributed by atoms with E-state index < -0.39 is 0 Å². The molecular formula is C18H12N12. The fourth-order valence-electron chi connectivity index (χ4n) is 2.93. The molecule has 0 fully saturated rings. The molecule has 144 valence electrons. The van der Waals surface area contributed by atoms with E-state index in [9.17, 15) is 5.26 Å². The van der Waals surface area contributed by atoms with Gasteiger partial charge in [-0.2, -0.15) is 25.0 Å². The van der Waals surface area contributed by atoms with Gasteiger partial charge in [0.05, 0.1) is 11.9 Å². The van der Waals surface area contributed by atoms with Crippen molar-refractivity contribution in [2.75, 3.05) is 0 Å². The second kappa shape index (κ2) is 6.99. The van der Waals surface area contributed by atoms with Crippen LogP contribution in [-0.4, -0.2) is 44.5 Å². The molecule has 0 aliphatic carbocycles. The Balaban J connectivity index is 1.59. The van der Waals surface area contributed by atoms with Crippen molar-refractivity contribution in [1.82, 2.24) is 44.5 Å². The molecule has 0 saturated heterocycles.